The third-order valence-electron chi connectivity index (χ3n) is 5.55. The number of rotatable bonds is 6. The highest BCUT2D eigenvalue weighted by Gasteiger charge is 2.31. The third-order valence-corrected chi connectivity index (χ3v) is 5.55. The molecule has 0 atom stereocenters. The summed E-state index contributed by atoms with van der Waals surface area (Å²) >= 11 is 0. The molecule has 9 nitrogen and oxygen atoms in total. The van der Waals surface area contributed by atoms with E-state index in [1.807, 2.05) is 77.6 Å². The summed E-state index contributed by atoms with van der Waals surface area (Å²) in [4.78, 5) is 32.8. The number of anilines is 1. The smallest absolute Gasteiger partial charge is 0.348 e. The van der Waals surface area contributed by atoms with Crippen LogP contribution in [0.3, 0.4) is 0 Å². The second-order valence-electron chi connectivity index (χ2n) is 7.83. The number of nitrogens with one attached hydrogen (secondary N) is 1. The number of methoxy groups -OCH3 is 1. The van der Waals surface area contributed by atoms with E-state index in [9.17, 15) is 9.59 Å². The van der Waals surface area contributed by atoms with Crippen LogP contribution in [0.25, 0.3) is 5.69 Å². The molecular weight excluding hydrogens is 434 g/mol. The van der Waals surface area contributed by atoms with Crippen molar-refractivity contribution >= 4 is 23.6 Å². The van der Waals surface area contributed by atoms with Crippen molar-refractivity contribution in [3.05, 3.63) is 90.6 Å². The third kappa shape index (κ3) is 4.49. The molecule has 9 heteroatoms. The van der Waals surface area contributed by atoms with Crippen LogP contribution in [-0.4, -0.2) is 52.5 Å². The van der Waals surface area contributed by atoms with E-state index < -0.39 is 11.9 Å². The van der Waals surface area contributed by atoms with Gasteiger partial charge in [0.2, 0.25) is 5.76 Å². The maximum Gasteiger partial charge on any atom is 0.348 e. The summed E-state index contributed by atoms with van der Waals surface area (Å²) in [6.07, 6.45) is 5.47. The number of hydrogen-bond donors (Lipinski definition) is 1. The molecule has 2 aliphatic heterocycles. The fourth-order valence-electron chi connectivity index (χ4n) is 3.76. The minimum Gasteiger partial charge on any atom is -0.497 e. The molecule has 3 aromatic rings. The van der Waals surface area contributed by atoms with Gasteiger partial charge in [-0.15, -0.1) is 4.99 Å². The van der Waals surface area contributed by atoms with E-state index in [1.165, 1.54) is 0 Å². The maximum absolute atomic E-state index is 12.7. The summed E-state index contributed by atoms with van der Waals surface area (Å²) in [5.74, 6) is 0.403. The fraction of sp³-hybridized carbons (Fsp3) is 0.160. The quantitative estimate of drug-likeness (QED) is 0.611. The first-order valence-electron chi connectivity index (χ1n) is 10.8. The molecule has 2 aromatic carbocycles. The summed E-state index contributed by atoms with van der Waals surface area (Å²) in [5.41, 5.74) is 2.56. The molecule has 3 heterocycles. The monoisotopic (exact) mass is 457 g/mol. The van der Waals surface area contributed by atoms with Gasteiger partial charge < -0.3 is 24.3 Å². The van der Waals surface area contributed by atoms with E-state index in [2.05, 4.69) is 10.3 Å². The normalized spacial score (nSPS) is 15.1. The molecule has 172 valence electrons. The summed E-state index contributed by atoms with van der Waals surface area (Å²) in [6.45, 7) is 1.28. The number of benzene rings is 2. The van der Waals surface area contributed by atoms with E-state index in [0.717, 1.165) is 17.0 Å². The standard InChI is InChI=1S/C25H23N5O4/c1-33-21-6-4-5-18(15-21)16-29-13-14-30-17-22(34-25(30)27-24(29)32)23(31)26-19-7-9-20(10-8-19)28-11-2-3-12-28/h2-12,15,17H,13-14,16H2,1H3,(H,26,31). The summed E-state index contributed by atoms with van der Waals surface area (Å²) in [5, 5.41) is 2.81. The lowest BCUT2D eigenvalue weighted by Gasteiger charge is -2.19. The minimum atomic E-state index is -0.420. The van der Waals surface area contributed by atoms with Gasteiger partial charge in [-0.3, -0.25) is 9.69 Å². The second-order valence-corrected chi connectivity index (χ2v) is 7.83. The van der Waals surface area contributed by atoms with Gasteiger partial charge in [-0.1, -0.05) is 12.1 Å². The van der Waals surface area contributed by atoms with Crippen molar-refractivity contribution in [2.45, 2.75) is 6.54 Å². The van der Waals surface area contributed by atoms with Gasteiger partial charge in [-0.25, -0.2) is 4.79 Å². The number of aromatic nitrogens is 1. The van der Waals surface area contributed by atoms with Crippen molar-refractivity contribution < 1.29 is 19.1 Å². The largest absolute Gasteiger partial charge is 0.497 e. The average Bonchev–Trinajstić information content (AvgIpc) is 3.50. The first-order valence-corrected chi connectivity index (χ1v) is 10.8. The van der Waals surface area contributed by atoms with Gasteiger partial charge in [0.1, 0.15) is 5.75 Å². The Morgan fingerprint density at radius 1 is 1.09 bits per heavy atom. The number of nitrogens with zero attached hydrogens (tertiary/aromatic N) is 4. The van der Waals surface area contributed by atoms with Crippen LogP contribution in [0.2, 0.25) is 0 Å². The molecule has 34 heavy (non-hydrogen) atoms. The van der Waals surface area contributed by atoms with E-state index in [0.29, 0.717) is 25.3 Å². The first-order chi connectivity index (χ1) is 16.6. The molecule has 0 bridgehead atoms. The number of amides is 3. The SMILES string of the molecule is COc1cccc(CN2CCN3C=C(C(=O)Nc4ccc(-n5cccc5)cc4)OC3=NC2=O)c1. The highest BCUT2D eigenvalue weighted by molar-refractivity contribution is 6.06. The summed E-state index contributed by atoms with van der Waals surface area (Å²) in [6, 6.07) is 18.6. The number of ether oxygens (including phenoxy) is 2. The number of aliphatic imine (C=N–C) groups is 1. The van der Waals surface area contributed by atoms with Crippen molar-refractivity contribution in [3.8, 4) is 11.4 Å². The first kappa shape index (κ1) is 21.3. The van der Waals surface area contributed by atoms with Crippen LogP contribution in [-0.2, 0) is 16.1 Å². The van der Waals surface area contributed by atoms with Gasteiger partial charge in [0.05, 0.1) is 13.3 Å². The van der Waals surface area contributed by atoms with Gasteiger partial charge in [0.15, 0.2) is 0 Å². The molecule has 0 saturated carbocycles. The van der Waals surface area contributed by atoms with Crippen molar-refractivity contribution in [1.29, 1.82) is 0 Å². The zero-order valence-corrected chi connectivity index (χ0v) is 18.5. The Morgan fingerprint density at radius 3 is 2.65 bits per heavy atom. The lowest BCUT2D eigenvalue weighted by atomic mass is 10.2. The van der Waals surface area contributed by atoms with Crippen molar-refractivity contribution in [1.82, 2.24) is 14.4 Å². The fourth-order valence-corrected chi connectivity index (χ4v) is 3.76. The Hall–Kier alpha value is -4.53. The zero-order chi connectivity index (χ0) is 23.5. The Bertz CT molecular complexity index is 1260. The number of urea groups is 1. The molecule has 0 unspecified atom stereocenters. The number of carbonyl (C=O) groups excluding carboxylic acids is 2. The van der Waals surface area contributed by atoms with Crippen molar-refractivity contribution in [2.75, 3.05) is 25.5 Å². The zero-order valence-electron chi connectivity index (χ0n) is 18.5. The Labute approximate surface area is 196 Å². The number of hydrogen-bond acceptors (Lipinski definition) is 5. The van der Waals surface area contributed by atoms with Gasteiger partial charge in [0, 0.05) is 43.4 Å². The molecule has 0 spiro atoms. The van der Waals surface area contributed by atoms with Crippen LogP contribution in [0.15, 0.2) is 90.0 Å². The molecule has 0 fully saturated rings. The molecule has 1 N–H and O–H groups in total. The number of amidine groups is 1. The van der Waals surface area contributed by atoms with Crippen LogP contribution in [0.1, 0.15) is 5.56 Å². The highest BCUT2D eigenvalue weighted by Crippen LogP contribution is 2.21. The molecule has 0 radical (unpaired) electrons. The lowest BCUT2D eigenvalue weighted by molar-refractivity contribution is -0.114. The summed E-state index contributed by atoms with van der Waals surface area (Å²) < 4.78 is 12.8. The number of fused-ring (bicyclic) bond motifs is 1. The molecule has 2 aliphatic rings. The van der Waals surface area contributed by atoms with Crippen LogP contribution in [0, 0.1) is 0 Å². The molecule has 1 aromatic heterocycles. The summed E-state index contributed by atoms with van der Waals surface area (Å²) in [7, 11) is 1.60. The van der Waals surface area contributed by atoms with Crippen LogP contribution >= 0.6 is 0 Å². The van der Waals surface area contributed by atoms with E-state index in [-0.39, 0.29) is 11.8 Å². The molecule has 3 amide bonds. The van der Waals surface area contributed by atoms with Crippen LogP contribution in [0.4, 0.5) is 10.5 Å². The van der Waals surface area contributed by atoms with E-state index >= 15 is 0 Å². The van der Waals surface area contributed by atoms with Gasteiger partial charge in [-0.2, -0.15) is 0 Å². The molecular formula is C25H23N5O4. The van der Waals surface area contributed by atoms with Gasteiger partial charge in [-0.05, 0) is 54.1 Å². The van der Waals surface area contributed by atoms with Gasteiger partial charge >= 0.3 is 12.1 Å². The van der Waals surface area contributed by atoms with Crippen LogP contribution < -0.4 is 10.1 Å². The maximum atomic E-state index is 12.7. The Kier molecular flexibility index (Phi) is 5.73. The predicted molar refractivity (Wildman–Crippen MR) is 127 cm³/mol. The second kappa shape index (κ2) is 9.14. The molecule has 0 aliphatic carbocycles. The van der Waals surface area contributed by atoms with E-state index in [4.69, 9.17) is 9.47 Å². The molecule has 5 rings (SSSR count). The van der Waals surface area contributed by atoms with Crippen molar-refractivity contribution in [3.63, 3.8) is 0 Å². The van der Waals surface area contributed by atoms with Gasteiger partial charge in [0.25, 0.3) is 5.91 Å². The highest BCUT2D eigenvalue weighted by atomic mass is 16.5. The Morgan fingerprint density at radius 2 is 1.88 bits per heavy atom. The molecule has 0 saturated heterocycles. The van der Waals surface area contributed by atoms with Crippen LogP contribution in [0.5, 0.6) is 5.75 Å². The lowest BCUT2D eigenvalue weighted by Crippen LogP contribution is -2.31. The minimum absolute atomic E-state index is 0.0854. The van der Waals surface area contributed by atoms with E-state index in [1.54, 1.807) is 23.1 Å². The topological polar surface area (TPSA) is 88.4 Å². The Balaban J connectivity index is 1.22. The van der Waals surface area contributed by atoms with Crippen molar-refractivity contribution in [2.24, 2.45) is 4.99 Å². The number of carbonyl (C=O) groups is 2. The predicted octanol–water partition coefficient (Wildman–Crippen LogP) is 3.59. The average molecular weight is 457 g/mol.